The van der Waals surface area contributed by atoms with Gasteiger partial charge < -0.3 is 4.57 Å². The van der Waals surface area contributed by atoms with Gasteiger partial charge in [-0.05, 0) is 92.1 Å². The molecule has 1 N–H and O–H groups in total. The van der Waals surface area contributed by atoms with Crippen molar-refractivity contribution in [2.75, 3.05) is 4.72 Å². The average Bonchev–Trinajstić information content (AvgIpc) is 3.20. The van der Waals surface area contributed by atoms with E-state index in [4.69, 9.17) is 4.98 Å². The highest BCUT2D eigenvalue weighted by Crippen LogP contribution is 2.25. The van der Waals surface area contributed by atoms with E-state index in [1.807, 2.05) is 48.5 Å². The number of anilines is 1. The lowest BCUT2D eigenvalue weighted by atomic mass is 9.92. The van der Waals surface area contributed by atoms with E-state index in [0.717, 1.165) is 61.1 Å². The van der Waals surface area contributed by atoms with Crippen LogP contribution in [0.3, 0.4) is 0 Å². The van der Waals surface area contributed by atoms with Crippen LogP contribution < -0.4 is 4.72 Å². The molecule has 33 heavy (non-hydrogen) atoms. The lowest BCUT2D eigenvalue weighted by molar-refractivity contribution is 0.600. The number of hydrogen-bond acceptors (Lipinski definition) is 3. The summed E-state index contributed by atoms with van der Waals surface area (Å²) >= 11 is 0. The molecule has 5 nitrogen and oxygen atoms in total. The maximum atomic E-state index is 12.9. The number of aromatic nitrogens is 2. The zero-order chi connectivity index (χ0) is 22.8. The van der Waals surface area contributed by atoms with Crippen molar-refractivity contribution in [2.45, 2.75) is 56.9 Å². The third-order valence-electron chi connectivity index (χ3n) is 6.52. The van der Waals surface area contributed by atoms with Crippen molar-refractivity contribution >= 4 is 26.7 Å². The van der Waals surface area contributed by atoms with Gasteiger partial charge in [-0.15, -0.1) is 0 Å². The van der Waals surface area contributed by atoms with Crippen molar-refractivity contribution in [3.63, 3.8) is 0 Å². The van der Waals surface area contributed by atoms with Crippen molar-refractivity contribution in [1.82, 2.24) is 9.55 Å². The van der Waals surface area contributed by atoms with Gasteiger partial charge in [0, 0.05) is 18.7 Å². The number of aryl methyl sites for hydroxylation is 5. The largest absolute Gasteiger partial charge is 0.328 e. The Kier molecular flexibility index (Phi) is 5.94. The molecular formula is C27H29N3O2S. The monoisotopic (exact) mass is 459 g/mol. The summed E-state index contributed by atoms with van der Waals surface area (Å²) in [6, 6.07) is 21.4. The van der Waals surface area contributed by atoms with Gasteiger partial charge in [0.2, 0.25) is 0 Å². The number of para-hydroxylation sites is 2. The van der Waals surface area contributed by atoms with Crippen molar-refractivity contribution < 1.29 is 8.42 Å². The highest BCUT2D eigenvalue weighted by atomic mass is 32.2. The van der Waals surface area contributed by atoms with Crippen molar-refractivity contribution in [3.8, 4) is 0 Å². The van der Waals surface area contributed by atoms with Crippen molar-refractivity contribution in [1.29, 1.82) is 0 Å². The molecule has 1 heterocycles. The van der Waals surface area contributed by atoms with Gasteiger partial charge in [-0.2, -0.15) is 0 Å². The van der Waals surface area contributed by atoms with Crippen LogP contribution in [0.15, 0.2) is 71.6 Å². The Bertz CT molecular complexity index is 1390. The van der Waals surface area contributed by atoms with E-state index in [1.165, 1.54) is 17.5 Å². The smallest absolute Gasteiger partial charge is 0.261 e. The Morgan fingerprint density at radius 3 is 2.45 bits per heavy atom. The summed E-state index contributed by atoms with van der Waals surface area (Å²) in [7, 11) is -3.60. The van der Waals surface area contributed by atoms with E-state index >= 15 is 0 Å². The van der Waals surface area contributed by atoms with Crippen LogP contribution in [0.5, 0.6) is 0 Å². The van der Waals surface area contributed by atoms with Crippen LogP contribution in [0.1, 0.15) is 42.3 Å². The molecule has 6 heteroatoms. The minimum Gasteiger partial charge on any atom is -0.328 e. The molecule has 0 aliphatic heterocycles. The molecule has 0 fully saturated rings. The van der Waals surface area contributed by atoms with E-state index in [2.05, 4.69) is 28.3 Å². The first-order valence-electron chi connectivity index (χ1n) is 11.7. The van der Waals surface area contributed by atoms with Gasteiger partial charge in [0.1, 0.15) is 5.82 Å². The quantitative estimate of drug-likeness (QED) is 0.396. The Balaban J connectivity index is 1.27. The zero-order valence-corrected chi connectivity index (χ0v) is 19.7. The Hall–Kier alpha value is -3.12. The van der Waals surface area contributed by atoms with E-state index in [9.17, 15) is 8.42 Å². The number of imidazole rings is 1. The molecule has 0 bridgehead atoms. The lowest BCUT2D eigenvalue weighted by Gasteiger charge is -2.17. The third kappa shape index (κ3) is 4.53. The minimum atomic E-state index is -3.60. The third-order valence-corrected chi connectivity index (χ3v) is 7.90. The van der Waals surface area contributed by atoms with Gasteiger partial charge in [-0.1, -0.05) is 30.3 Å². The number of hydrogen-bond donors (Lipinski definition) is 1. The second kappa shape index (κ2) is 9.02. The summed E-state index contributed by atoms with van der Waals surface area (Å²) in [5.74, 6) is 1.08. The number of nitrogens with zero attached hydrogens (tertiary/aromatic N) is 2. The van der Waals surface area contributed by atoms with E-state index < -0.39 is 10.0 Å². The molecule has 0 amide bonds. The number of nitrogens with one attached hydrogen (secondary N) is 1. The van der Waals surface area contributed by atoms with E-state index in [-0.39, 0.29) is 0 Å². The van der Waals surface area contributed by atoms with Gasteiger partial charge in [0.25, 0.3) is 10.0 Å². The summed E-state index contributed by atoms with van der Waals surface area (Å²) in [6.45, 7) is 3.03. The summed E-state index contributed by atoms with van der Waals surface area (Å²) in [5, 5.41) is 0. The van der Waals surface area contributed by atoms with Gasteiger partial charge in [-0.25, -0.2) is 13.4 Å². The second-order valence-electron chi connectivity index (χ2n) is 8.70. The maximum Gasteiger partial charge on any atom is 0.261 e. The maximum absolute atomic E-state index is 12.9. The minimum absolute atomic E-state index is 0.339. The predicted molar refractivity (Wildman–Crippen MR) is 133 cm³/mol. The zero-order valence-electron chi connectivity index (χ0n) is 18.9. The Morgan fingerprint density at radius 1 is 0.909 bits per heavy atom. The molecule has 0 radical (unpaired) electrons. The van der Waals surface area contributed by atoms with Crippen LogP contribution >= 0.6 is 0 Å². The number of rotatable bonds is 7. The molecule has 3 aromatic carbocycles. The lowest BCUT2D eigenvalue weighted by Crippen LogP contribution is -2.14. The topological polar surface area (TPSA) is 64.0 Å². The fourth-order valence-electron chi connectivity index (χ4n) is 4.76. The highest BCUT2D eigenvalue weighted by molar-refractivity contribution is 7.92. The van der Waals surface area contributed by atoms with Crippen LogP contribution in [0, 0.1) is 0 Å². The number of sulfonamides is 1. The van der Waals surface area contributed by atoms with Crippen LogP contribution in [-0.2, 0) is 42.3 Å². The first kappa shape index (κ1) is 21.7. The molecule has 5 rings (SSSR count). The summed E-state index contributed by atoms with van der Waals surface area (Å²) in [5.41, 5.74) is 6.38. The van der Waals surface area contributed by atoms with E-state index in [1.54, 1.807) is 6.07 Å². The van der Waals surface area contributed by atoms with Gasteiger partial charge in [0.15, 0.2) is 0 Å². The molecule has 1 aliphatic carbocycles. The van der Waals surface area contributed by atoms with E-state index in [0.29, 0.717) is 10.6 Å². The Labute approximate surface area is 195 Å². The number of benzene rings is 3. The SMILES string of the molecule is CCn1c(CCc2ccc(NS(=O)(=O)c3ccc4c(c3)CCCC4)cc2)nc2ccccc21. The normalized spacial score (nSPS) is 13.7. The summed E-state index contributed by atoms with van der Waals surface area (Å²) in [6.07, 6.45) is 5.99. The van der Waals surface area contributed by atoms with Gasteiger partial charge in [0.05, 0.1) is 15.9 Å². The molecule has 0 spiro atoms. The van der Waals surface area contributed by atoms with Crippen LogP contribution in [0.4, 0.5) is 5.69 Å². The Morgan fingerprint density at radius 2 is 1.67 bits per heavy atom. The molecular weight excluding hydrogens is 430 g/mol. The van der Waals surface area contributed by atoms with Gasteiger partial charge in [-0.3, -0.25) is 4.72 Å². The standard InChI is InChI=1S/C27H29N3O2S/c1-2-30-26-10-6-5-9-25(26)28-27(30)18-13-20-11-15-23(16-12-20)29-33(31,32)24-17-14-21-7-3-4-8-22(21)19-24/h5-6,9-12,14-17,19,29H,2-4,7-8,13,18H2,1H3. The number of fused-ring (bicyclic) bond motifs is 2. The fourth-order valence-corrected chi connectivity index (χ4v) is 5.86. The van der Waals surface area contributed by atoms with Gasteiger partial charge >= 0.3 is 0 Å². The molecule has 0 saturated heterocycles. The van der Waals surface area contributed by atoms with Crippen LogP contribution in [0.2, 0.25) is 0 Å². The first-order valence-corrected chi connectivity index (χ1v) is 13.2. The highest BCUT2D eigenvalue weighted by Gasteiger charge is 2.18. The first-order chi connectivity index (χ1) is 16.0. The molecule has 0 unspecified atom stereocenters. The molecule has 4 aromatic rings. The van der Waals surface area contributed by atoms with Crippen LogP contribution in [-0.4, -0.2) is 18.0 Å². The predicted octanol–water partition coefficient (Wildman–Crippen LogP) is 5.52. The second-order valence-corrected chi connectivity index (χ2v) is 10.4. The molecule has 1 aromatic heterocycles. The van der Waals surface area contributed by atoms with Crippen molar-refractivity contribution in [3.05, 3.63) is 89.2 Å². The van der Waals surface area contributed by atoms with Crippen LogP contribution in [0.25, 0.3) is 11.0 Å². The average molecular weight is 460 g/mol. The molecule has 170 valence electrons. The molecule has 0 atom stereocenters. The fraction of sp³-hybridized carbons (Fsp3) is 0.296. The summed E-state index contributed by atoms with van der Waals surface area (Å²) < 4.78 is 30.8. The molecule has 0 saturated carbocycles. The van der Waals surface area contributed by atoms with Crippen molar-refractivity contribution in [2.24, 2.45) is 0 Å². The molecule has 1 aliphatic rings. The summed E-state index contributed by atoms with van der Waals surface area (Å²) in [4.78, 5) is 5.14.